The van der Waals surface area contributed by atoms with Crippen LogP contribution in [-0.4, -0.2) is 191 Å². The van der Waals surface area contributed by atoms with Crippen LogP contribution in [-0.2, 0) is 33.2 Å². The van der Waals surface area contributed by atoms with Crippen molar-refractivity contribution in [2.45, 2.75) is 123 Å². The first kappa shape index (κ1) is 41.2. The summed E-state index contributed by atoms with van der Waals surface area (Å²) in [7, 11) is 0. The lowest BCUT2D eigenvalue weighted by Gasteiger charge is -2.46. The molecule has 4 aliphatic rings. The maximum Gasteiger partial charge on any atom is 0.249 e. The maximum absolute atomic E-state index is 12.7. The van der Waals surface area contributed by atoms with E-state index < -0.39 is 123 Å². The molecule has 3 heterocycles. The standard InChI is InChI=1S/C29H55N7O14/c30-4-3-15(39)26(44)36-14-7-13(33)23(48-27-12(32)2-1-11(45-27)9-35-5-6-37)25(19(14)40)50-29-22(43)24(17(10-38)47-29)49-28-18(34)21(42)20(41)16(8-31)46-28/h1-2,11-25,27-29,35,37-43H,3-10,30-34H2,(H,36,44)/t11-,12+,13-,14+,15-,16-,17+,18+,19-,20+,21+,22+,23+,24+,25+,27+,28+,29-/m0/s1. The zero-order valence-corrected chi connectivity index (χ0v) is 27.6. The van der Waals surface area contributed by atoms with Crippen molar-refractivity contribution in [2.75, 3.05) is 39.4 Å². The smallest absolute Gasteiger partial charge is 0.249 e. The highest BCUT2D eigenvalue weighted by atomic mass is 16.8. The molecule has 21 heteroatoms. The minimum absolute atomic E-state index is 0.0327. The highest BCUT2D eigenvalue weighted by Gasteiger charge is 2.54. The van der Waals surface area contributed by atoms with Gasteiger partial charge in [0.15, 0.2) is 18.9 Å². The summed E-state index contributed by atoms with van der Waals surface area (Å²) in [6.45, 7) is -0.261. The molecule has 2 saturated heterocycles. The number of aliphatic hydroxyl groups is 7. The predicted octanol–water partition coefficient (Wildman–Crippen LogP) is -8.57. The molecule has 290 valence electrons. The van der Waals surface area contributed by atoms with Crippen molar-refractivity contribution in [3.8, 4) is 0 Å². The molecule has 1 aliphatic carbocycles. The van der Waals surface area contributed by atoms with Crippen LogP contribution in [0.1, 0.15) is 12.8 Å². The average Bonchev–Trinajstić information content (AvgIpc) is 3.39. The molecule has 21 nitrogen and oxygen atoms in total. The molecule has 1 saturated carbocycles. The van der Waals surface area contributed by atoms with E-state index in [1.807, 2.05) is 0 Å². The summed E-state index contributed by atoms with van der Waals surface area (Å²) in [5.41, 5.74) is 30.0. The molecule has 0 unspecified atom stereocenters. The van der Waals surface area contributed by atoms with Gasteiger partial charge in [-0.25, -0.2) is 0 Å². The lowest BCUT2D eigenvalue weighted by Crippen LogP contribution is -2.67. The number of aliphatic hydroxyl groups excluding tert-OH is 7. The van der Waals surface area contributed by atoms with Crippen LogP contribution in [0.15, 0.2) is 12.2 Å². The van der Waals surface area contributed by atoms with Crippen LogP contribution in [0.25, 0.3) is 0 Å². The van der Waals surface area contributed by atoms with Crippen LogP contribution in [0.3, 0.4) is 0 Å². The molecular formula is C29H55N7O14. The lowest BCUT2D eigenvalue weighted by atomic mass is 9.83. The number of hydrogen-bond donors (Lipinski definition) is 14. The van der Waals surface area contributed by atoms with E-state index in [1.54, 1.807) is 12.2 Å². The van der Waals surface area contributed by atoms with Gasteiger partial charge in [-0.05, 0) is 19.4 Å². The van der Waals surface area contributed by atoms with Gasteiger partial charge < -0.3 is 103 Å². The van der Waals surface area contributed by atoms with Gasteiger partial charge >= 0.3 is 0 Å². The van der Waals surface area contributed by atoms with Crippen molar-refractivity contribution in [1.29, 1.82) is 0 Å². The first-order valence-corrected chi connectivity index (χ1v) is 16.8. The Bertz CT molecular complexity index is 1090. The normalized spacial score (nSPS) is 44.3. The van der Waals surface area contributed by atoms with E-state index in [4.69, 9.17) is 62.2 Å². The van der Waals surface area contributed by atoms with Gasteiger partial charge in [-0.3, -0.25) is 4.79 Å². The summed E-state index contributed by atoms with van der Waals surface area (Å²) in [5.74, 6) is -0.802. The second-order valence-electron chi connectivity index (χ2n) is 12.9. The fourth-order valence-electron chi connectivity index (χ4n) is 6.36. The molecule has 0 spiro atoms. The van der Waals surface area contributed by atoms with E-state index in [2.05, 4.69) is 10.6 Å². The molecule has 3 fully saturated rings. The van der Waals surface area contributed by atoms with Crippen LogP contribution in [0, 0.1) is 0 Å². The van der Waals surface area contributed by atoms with Crippen LogP contribution >= 0.6 is 0 Å². The third-order valence-electron chi connectivity index (χ3n) is 9.22. The Morgan fingerprint density at radius 3 is 2.18 bits per heavy atom. The second-order valence-corrected chi connectivity index (χ2v) is 12.9. The number of amides is 1. The minimum atomic E-state index is -1.66. The van der Waals surface area contributed by atoms with Crippen LogP contribution in [0.4, 0.5) is 0 Å². The van der Waals surface area contributed by atoms with E-state index in [0.29, 0.717) is 13.1 Å². The van der Waals surface area contributed by atoms with Crippen molar-refractivity contribution in [3.63, 3.8) is 0 Å². The molecule has 19 N–H and O–H groups in total. The second kappa shape index (κ2) is 19.0. The number of rotatable bonds is 16. The highest BCUT2D eigenvalue weighted by molar-refractivity contribution is 5.80. The maximum atomic E-state index is 12.7. The summed E-state index contributed by atoms with van der Waals surface area (Å²) in [4.78, 5) is 12.7. The van der Waals surface area contributed by atoms with Gasteiger partial charge in [0.2, 0.25) is 5.91 Å². The van der Waals surface area contributed by atoms with E-state index in [0.717, 1.165) is 0 Å². The van der Waals surface area contributed by atoms with E-state index >= 15 is 0 Å². The molecule has 18 atom stereocenters. The Balaban J connectivity index is 1.54. The Kier molecular flexibility index (Phi) is 15.6. The quantitative estimate of drug-likeness (QED) is 0.0519. The largest absolute Gasteiger partial charge is 0.395 e. The monoisotopic (exact) mass is 725 g/mol. The van der Waals surface area contributed by atoms with Gasteiger partial charge in [0, 0.05) is 25.7 Å². The number of nitrogens with two attached hydrogens (primary N) is 5. The molecule has 4 rings (SSSR count). The van der Waals surface area contributed by atoms with E-state index in [1.165, 1.54) is 0 Å². The molecule has 1 amide bonds. The third-order valence-corrected chi connectivity index (χ3v) is 9.22. The van der Waals surface area contributed by atoms with E-state index in [9.17, 15) is 35.4 Å². The van der Waals surface area contributed by atoms with Crippen LogP contribution in [0.2, 0.25) is 0 Å². The highest BCUT2D eigenvalue weighted by Crippen LogP contribution is 2.34. The van der Waals surface area contributed by atoms with Gasteiger partial charge in [-0.15, -0.1) is 0 Å². The van der Waals surface area contributed by atoms with Gasteiger partial charge in [0.1, 0.15) is 61.0 Å². The number of carbonyl (C=O) groups is 1. The van der Waals surface area contributed by atoms with Gasteiger partial charge in [0.05, 0.1) is 37.4 Å². The molecule has 0 aromatic rings. The zero-order chi connectivity index (χ0) is 36.7. The molecule has 0 aromatic carbocycles. The number of nitrogens with one attached hydrogen (secondary N) is 2. The third kappa shape index (κ3) is 9.70. The van der Waals surface area contributed by atoms with Crippen molar-refractivity contribution in [3.05, 3.63) is 12.2 Å². The average molecular weight is 726 g/mol. The van der Waals surface area contributed by atoms with Gasteiger partial charge in [0.25, 0.3) is 0 Å². The first-order valence-electron chi connectivity index (χ1n) is 16.8. The topological polar surface area (TPSA) is 368 Å². The van der Waals surface area contributed by atoms with Crippen molar-refractivity contribution < 1.29 is 69.0 Å². The molecule has 3 aliphatic heterocycles. The van der Waals surface area contributed by atoms with Crippen LogP contribution < -0.4 is 39.3 Å². The summed E-state index contributed by atoms with van der Waals surface area (Å²) >= 11 is 0. The SMILES string of the molecule is NCC[C@H](O)C(=O)N[C@@H]1C[C@H](N)[C@@H](O[C@H]2O[C@H](CNCCO)C=C[C@H]2N)[C@H](O[C@@H]2O[C@H](CO)[C@@H](O[C@H]3O[C@@H](CN)[C@@H](O)[C@H](O)[C@H]3N)[C@H]2O)[C@H]1O. The summed E-state index contributed by atoms with van der Waals surface area (Å²) in [5, 5.41) is 78.5. The molecule has 50 heavy (non-hydrogen) atoms. The van der Waals surface area contributed by atoms with Crippen molar-refractivity contribution in [2.24, 2.45) is 28.7 Å². The zero-order valence-electron chi connectivity index (χ0n) is 27.6. The number of hydrogen-bond acceptors (Lipinski definition) is 20. The molecule has 0 radical (unpaired) electrons. The fourth-order valence-corrected chi connectivity index (χ4v) is 6.36. The Morgan fingerprint density at radius 2 is 1.52 bits per heavy atom. The Labute approximate surface area is 288 Å². The predicted molar refractivity (Wildman–Crippen MR) is 170 cm³/mol. The minimum Gasteiger partial charge on any atom is -0.395 e. The molecular weight excluding hydrogens is 670 g/mol. The van der Waals surface area contributed by atoms with E-state index in [-0.39, 0.29) is 32.5 Å². The Hall–Kier alpha value is -1.55. The molecule has 0 bridgehead atoms. The fraction of sp³-hybridized carbons (Fsp3) is 0.897. The van der Waals surface area contributed by atoms with Crippen LogP contribution in [0.5, 0.6) is 0 Å². The van der Waals surface area contributed by atoms with Crippen molar-refractivity contribution in [1.82, 2.24) is 10.6 Å². The summed E-state index contributed by atoms with van der Waals surface area (Å²) < 4.78 is 35.7. The lowest BCUT2D eigenvalue weighted by molar-refractivity contribution is -0.284. The Morgan fingerprint density at radius 1 is 0.840 bits per heavy atom. The number of carbonyl (C=O) groups excluding carboxylic acids is 1. The van der Waals surface area contributed by atoms with Gasteiger partial charge in [-0.1, -0.05) is 12.2 Å². The molecule has 0 aromatic heterocycles. The summed E-state index contributed by atoms with van der Waals surface area (Å²) in [6, 6.07) is -4.05. The van der Waals surface area contributed by atoms with Gasteiger partial charge in [-0.2, -0.15) is 0 Å². The number of ether oxygens (including phenoxy) is 6. The first-order chi connectivity index (χ1) is 23.8. The van der Waals surface area contributed by atoms with Crippen molar-refractivity contribution >= 4 is 5.91 Å². The summed E-state index contributed by atoms with van der Waals surface area (Å²) in [6.07, 6.45) is -15.1.